The van der Waals surface area contributed by atoms with E-state index < -0.39 is 12.1 Å². The standard InChI is InChI=1S/C15H15FN6O2S/c16-10(8-22-9-12(15(23)24)18-21-22)4-5-13-19-20-14(25-13)7-11-3-1-2-6-17-11/h1-3,6,9-10H,4-5,7-8H2,(H,23,24). The Morgan fingerprint density at radius 1 is 1.28 bits per heavy atom. The van der Waals surface area contributed by atoms with Crippen LogP contribution in [0, 0.1) is 0 Å². The Balaban J connectivity index is 1.48. The van der Waals surface area contributed by atoms with E-state index in [1.807, 2.05) is 18.2 Å². The molecule has 0 bridgehead atoms. The zero-order valence-corrected chi connectivity index (χ0v) is 13.9. The molecule has 0 saturated heterocycles. The summed E-state index contributed by atoms with van der Waals surface area (Å²) < 4.78 is 15.2. The number of aromatic nitrogens is 6. The van der Waals surface area contributed by atoms with Gasteiger partial charge >= 0.3 is 5.97 Å². The van der Waals surface area contributed by atoms with Crippen LogP contribution in [0.2, 0.25) is 0 Å². The van der Waals surface area contributed by atoms with Crippen molar-refractivity contribution in [3.8, 4) is 0 Å². The molecular weight excluding hydrogens is 347 g/mol. The number of hydrogen-bond donors (Lipinski definition) is 1. The average Bonchev–Trinajstić information content (AvgIpc) is 3.23. The number of hydrogen-bond acceptors (Lipinski definition) is 7. The minimum absolute atomic E-state index is 0.0418. The summed E-state index contributed by atoms with van der Waals surface area (Å²) in [5, 5.41) is 25.6. The van der Waals surface area contributed by atoms with E-state index in [1.54, 1.807) is 6.20 Å². The molecule has 3 rings (SSSR count). The van der Waals surface area contributed by atoms with Gasteiger partial charge < -0.3 is 5.11 Å². The van der Waals surface area contributed by atoms with Crippen LogP contribution >= 0.6 is 11.3 Å². The van der Waals surface area contributed by atoms with Crippen molar-refractivity contribution in [2.75, 3.05) is 0 Å². The van der Waals surface area contributed by atoms with Crippen molar-refractivity contribution in [1.82, 2.24) is 30.2 Å². The quantitative estimate of drug-likeness (QED) is 0.651. The number of pyridine rings is 1. The fourth-order valence-corrected chi connectivity index (χ4v) is 3.05. The van der Waals surface area contributed by atoms with Gasteiger partial charge in [0.2, 0.25) is 0 Å². The first-order valence-electron chi connectivity index (χ1n) is 7.59. The van der Waals surface area contributed by atoms with Gasteiger partial charge in [0, 0.05) is 24.7 Å². The van der Waals surface area contributed by atoms with Crippen molar-refractivity contribution in [1.29, 1.82) is 0 Å². The zero-order chi connectivity index (χ0) is 17.6. The van der Waals surface area contributed by atoms with Gasteiger partial charge in [-0.05, 0) is 18.6 Å². The van der Waals surface area contributed by atoms with Crippen LogP contribution in [-0.2, 0) is 19.4 Å². The fourth-order valence-electron chi connectivity index (χ4n) is 2.18. The molecule has 10 heteroatoms. The minimum Gasteiger partial charge on any atom is -0.476 e. The lowest BCUT2D eigenvalue weighted by Gasteiger charge is -2.05. The third-order valence-electron chi connectivity index (χ3n) is 3.38. The molecule has 1 N–H and O–H groups in total. The Morgan fingerprint density at radius 2 is 2.12 bits per heavy atom. The predicted molar refractivity (Wildman–Crippen MR) is 87.2 cm³/mol. The van der Waals surface area contributed by atoms with Crippen LogP contribution in [0.4, 0.5) is 4.39 Å². The molecule has 25 heavy (non-hydrogen) atoms. The first kappa shape index (κ1) is 17.1. The molecule has 0 radical (unpaired) electrons. The van der Waals surface area contributed by atoms with Crippen LogP contribution in [0.25, 0.3) is 0 Å². The largest absolute Gasteiger partial charge is 0.476 e. The molecule has 8 nitrogen and oxygen atoms in total. The Kier molecular flexibility index (Phi) is 5.39. The Bertz CT molecular complexity index is 837. The number of carboxylic acid groups (broad SMARTS) is 1. The van der Waals surface area contributed by atoms with Gasteiger partial charge in [-0.3, -0.25) is 4.98 Å². The second kappa shape index (κ2) is 7.88. The van der Waals surface area contributed by atoms with Gasteiger partial charge in [0.1, 0.15) is 16.2 Å². The Labute approximate surface area is 146 Å². The first-order chi connectivity index (χ1) is 12.1. The average molecular weight is 362 g/mol. The summed E-state index contributed by atoms with van der Waals surface area (Å²) in [5.74, 6) is -1.18. The lowest BCUT2D eigenvalue weighted by atomic mass is 10.2. The van der Waals surface area contributed by atoms with Gasteiger partial charge in [-0.2, -0.15) is 0 Å². The molecule has 0 aliphatic rings. The molecule has 0 aliphatic heterocycles. The number of aromatic carboxylic acids is 1. The lowest BCUT2D eigenvalue weighted by Crippen LogP contribution is -2.13. The van der Waals surface area contributed by atoms with Crippen molar-refractivity contribution < 1.29 is 14.3 Å². The molecule has 0 aliphatic carbocycles. The number of alkyl halides is 1. The van der Waals surface area contributed by atoms with E-state index in [1.165, 1.54) is 22.2 Å². The molecule has 3 aromatic rings. The third-order valence-corrected chi connectivity index (χ3v) is 4.36. The molecular formula is C15H15FN6O2S. The highest BCUT2D eigenvalue weighted by Crippen LogP contribution is 2.16. The normalized spacial score (nSPS) is 12.2. The van der Waals surface area contributed by atoms with Crippen molar-refractivity contribution in [3.05, 3.63) is 52.0 Å². The summed E-state index contributed by atoms with van der Waals surface area (Å²) in [6.45, 7) is -0.0418. The van der Waals surface area contributed by atoms with Crippen molar-refractivity contribution in [3.63, 3.8) is 0 Å². The van der Waals surface area contributed by atoms with E-state index in [-0.39, 0.29) is 18.7 Å². The van der Waals surface area contributed by atoms with Crippen molar-refractivity contribution in [2.45, 2.75) is 32.0 Å². The molecule has 1 unspecified atom stereocenters. The van der Waals surface area contributed by atoms with E-state index in [4.69, 9.17) is 5.11 Å². The fraction of sp³-hybridized carbons (Fsp3) is 0.333. The maximum absolute atomic E-state index is 14.0. The molecule has 3 heterocycles. The third kappa shape index (κ3) is 4.86. The van der Waals surface area contributed by atoms with Gasteiger partial charge in [0.05, 0.1) is 12.7 Å². The van der Waals surface area contributed by atoms with Gasteiger partial charge in [-0.15, -0.1) is 26.6 Å². The van der Waals surface area contributed by atoms with Crippen LogP contribution < -0.4 is 0 Å². The summed E-state index contributed by atoms with van der Waals surface area (Å²) in [7, 11) is 0. The number of aryl methyl sites for hydroxylation is 1. The molecule has 0 spiro atoms. The second-order valence-corrected chi connectivity index (χ2v) is 6.50. The van der Waals surface area contributed by atoms with Gasteiger partial charge in [0.25, 0.3) is 0 Å². The molecule has 130 valence electrons. The van der Waals surface area contributed by atoms with Crippen molar-refractivity contribution >= 4 is 17.3 Å². The van der Waals surface area contributed by atoms with E-state index in [0.29, 0.717) is 12.8 Å². The van der Waals surface area contributed by atoms with Gasteiger partial charge in [-0.25, -0.2) is 13.9 Å². The summed E-state index contributed by atoms with van der Waals surface area (Å²) >= 11 is 1.44. The number of carboxylic acids is 1. The van der Waals surface area contributed by atoms with E-state index in [2.05, 4.69) is 25.5 Å². The van der Waals surface area contributed by atoms with Crippen LogP contribution in [0.5, 0.6) is 0 Å². The van der Waals surface area contributed by atoms with Gasteiger partial charge in [0.15, 0.2) is 5.69 Å². The number of rotatable bonds is 8. The highest BCUT2D eigenvalue weighted by Gasteiger charge is 2.14. The van der Waals surface area contributed by atoms with Crippen molar-refractivity contribution in [2.24, 2.45) is 0 Å². The SMILES string of the molecule is O=C(O)c1cn(CC(F)CCc2nnc(Cc3ccccn3)s2)nn1. The van der Waals surface area contributed by atoms with Crippen LogP contribution in [-0.4, -0.2) is 47.4 Å². The minimum atomic E-state index is -1.18. The zero-order valence-electron chi connectivity index (χ0n) is 13.1. The summed E-state index contributed by atoms with van der Waals surface area (Å²) in [4.78, 5) is 15.0. The highest BCUT2D eigenvalue weighted by atomic mass is 32.1. The van der Waals surface area contributed by atoms with E-state index in [9.17, 15) is 9.18 Å². The molecule has 0 saturated carbocycles. The number of carbonyl (C=O) groups is 1. The van der Waals surface area contributed by atoms with E-state index in [0.717, 1.165) is 15.7 Å². The molecule has 0 amide bonds. The molecule has 0 fully saturated rings. The predicted octanol–water partition coefficient (Wildman–Crippen LogP) is 1.78. The van der Waals surface area contributed by atoms with Crippen LogP contribution in [0.15, 0.2) is 30.6 Å². The maximum Gasteiger partial charge on any atom is 0.358 e. The smallest absolute Gasteiger partial charge is 0.358 e. The lowest BCUT2D eigenvalue weighted by molar-refractivity contribution is 0.0690. The highest BCUT2D eigenvalue weighted by molar-refractivity contribution is 7.11. The number of nitrogens with zero attached hydrogens (tertiary/aromatic N) is 6. The summed E-state index contributed by atoms with van der Waals surface area (Å²) in [5.41, 5.74) is 0.712. The summed E-state index contributed by atoms with van der Waals surface area (Å²) in [6, 6.07) is 5.69. The summed E-state index contributed by atoms with van der Waals surface area (Å²) in [6.07, 6.45) is 3.08. The number of halogens is 1. The Morgan fingerprint density at radius 3 is 2.84 bits per heavy atom. The van der Waals surface area contributed by atoms with E-state index >= 15 is 0 Å². The second-order valence-electron chi connectivity index (χ2n) is 5.35. The van der Waals surface area contributed by atoms with Gasteiger partial charge in [-0.1, -0.05) is 11.3 Å². The molecule has 3 aromatic heterocycles. The topological polar surface area (TPSA) is 107 Å². The molecule has 1 atom stereocenters. The van der Waals surface area contributed by atoms with Crippen LogP contribution in [0.3, 0.4) is 0 Å². The molecule has 0 aromatic carbocycles. The Hall–Kier alpha value is -2.75. The monoisotopic (exact) mass is 362 g/mol. The maximum atomic E-state index is 14.0. The van der Waals surface area contributed by atoms with Crippen LogP contribution in [0.1, 0.15) is 32.6 Å². The first-order valence-corrected chi connectivity index (χ1v) is 8.40.